The van der Waals surface area contributed by atoms with E-state index in [4.69, 9.17) is 0 Å². The maximum absolute atomic E-state index is 12.5. The molecule has 0 fully saturated rings. The zero-order valence-corrected chi connectivity index (χ0v) is 30.7. The highest BCUT2D eigenvalue weighted by Crippen LogP contribution is 2.33. The summed E-state index contributed by atoms with van der Waals surface area (Å²) >= 11 is 0. The van der Waals surface area contributed by atoms with Crippen molar-refractivity contribution in [3.8, 4) is 56.0 Å². The van der Waals surface area contributed by atoms with E-state index < -0.39 is 12.7 Å². The van der Waals surface area contributed by atoms with Gasteiger partial charge in [0.1, 0.15) is 11.5 Å². The van der Waals surface area contributed by atoms with E-state index in [2.05, 4.69) is 82.3 Å². The fraction of sp³-hybridized carbons (Fsp3) is 0.234. The van der Waals surface area contributed by atoms with Crippen LogP contribution in [0.25, 0.3) is 44.5 Å². The van der Waals surface area contributed by atoms with Crippen LogP contribution in [-0.4, -0.2) is 12.7 Å². The summed E-state index contributed by atoms with van der Waals surface area (Å²) in [5.74, 6) is -0.472. The lowest BCUT2D eigenvalue weighted by Crippen LogP contribution is -2.16. The van der Waals surface area contributed by atoms with E-state index in [0.29, 0.717) is 0 Å². The van der Waals surface area contributed by atoms with Crippen molar-refractivity contribution in [3.05, 3.63) is 156 Å². The van der Waals surface area contributed by atoms with Gasteiger partial charge in [0.05, 0.1) is 0 Å². The normalized spacial score (nSPS) is 11.8. The van der Waals surface area contributed by atoms with Gasteiger partial charge in [-0.05, 0) is 131 Å². The standard InChI is InChI=1S/C47H42F6O2/c1-32-30-40(36-18-24-42(25-19-36)54-46(48,49)50)22-28-44(32)38-14-10-34(11-15-38)8-6-4-3-5-7-9-35-12-16-39(17-13-35)45-29-23-41(31-33(45)2)37-20-26-43(27-21-37)55-47(51,52)53/h10-31H,3-9H2,1-2H3. The molecule has 0 spiro atoms. The van der Waals surface area contributed by atoms with Crippen LogP contribution in [0.2, 0.25) is 0 Å². The fourth-order valence-corrected chi connectivity index (χ4v) is 6.92. The number of hydrogen-bond acceptors (Lipinski definition) is 2. The van der Waals surface area contributed by atoms with Crippen LogP contribution < -0.4 is 9.47 Å². The second kappa shape index (κ2) is 17.3. The van der Waals surface area contributed by atoms with Crippen LogP contribution in [0, 0.1) is 13.8 Å². The molecule has 284 valence electrons. The number of unbranched alkanes of at least 4 members (excludes halogenated alkanes) is 4. The predicted octanol–water partition coefficient (Wildman–Crippen LogP) is 14.5. The predicted molar refractivity (Wildman–Crippen MR) is 208 cm³/mol. The summed E-state index contributed by atoms with van der Waals surface area (Å²) in [5, 5.41) is 0. The second-order valence-corrected chi connectivity index (χ2v) is 13.9. The first kappa shape index (κ1) is 39.2. The van der Waals surface area contributed by atoms with E-state index in [1.807, 2.05) is 26.0 Å². The molecule has 0 unspecified atom stereocenters. The molecule has 8 heteroatoms. The van der Waals surface area contributed by atoms with Crippen molar-refractivity contribution in [1.29, 1.82) is 0 Å². The van der Waals surface area contributed by atoms with E-state index in [1.165, 1.54) is 54.7 Å². The Morgan fingerprint density at radius 2 is 0.673 bits per heavy atom. The van der Waals surface area contributed by atoms with Crippen molar-refractivity contribution >= 4 is 0 Å². The van der Waals surface area contributed by atoms with E-state index in [0.717, 1.165) is 81.3 Å². The average molecular weight is 753 g/mol. The molecule has 6 rings (SSSR count). The maximum atomic E-state index is 12.5. The number of halogens is 6. The molecule has 0 saturated heterocycles. The van der Waals surface area contributed by atoms with Gasteiger partial charge in [-0.15, -0.1) is 26.3 Å². The summed E-state index contributed by atoms with van der Waals surface area (Å²) in [6.07, 6.45) is -1.48. The molecule has 0 atom stereocenters. The topological polar surface area (TPSA) is 18.5 Å². The Morgan fingerprint density at radius 3 is 1.00 bits per heavy atom. The van der Waals surface area contributed by atoms with Crippen LogP contribution in [-0.2, 0) is 12.8 Å². The van der Waals surface area contributed by atoms with Crippen molar-refractivity contribution in [2.45, 2.75) is 71.5 Å². The van der Waals surface area contributed by atoms with Crippen LogP contribution in [0.1, 0.15) is 54.4 Å². The monoisotopic (exact) mass is 752 g/mol. The van der Waals surface area contributed by atoms with Crippen molar-refractivity contribution in [3.63, 3.8) is 0 Å². The van der Waals surface area contributed by atoms with Crippen LogP contribution in [0.3, 0.4) is 0 Å². The van der Waals surface area contributed by atoms with Crippen molar-refractivity contribution < 1.29 is 35.8 Å². The van der Waals surface area contributed by atoms with E-state index in [-0.39, 0.29) is 11.5 Å². The molecule has 0 aliphatic rings. The summed E-state index contributed by atoms with van der Waals surface area (Å²) < 4.78 is 82.9. The molecular weight excluding hydrogens is 711 g/mol. The molecule has 0 aliphatic carbocycles. The molecule has 0 aliphatic heterocycles. The zero-order valence-electron chi connectivity index (χ0n) is 30.7. The molecule has 0 saturated carbocycles. The Hall–Kier alpha value is -5.50. The summed E-state index contributed by atoms with van der Waals surface area (Å²) in [6.45, 7) is 4.09. The van der Waals surface area contributed by atoms with Crippen molar-refractivity contribution in [1.82, 2.24) is 0 Å². The second-order valence-electron chi connectivity index (χ2n) is 13.9. The summed E-state index contributed by atoms with van der Waals surface area (Å²) in [6, 6.07) is 41.5. The molecule has 55 heavy (non-hydrogen) atoms. The van der Waals surface area contributed by atoms with Gasteiger partial charge in [0.2, 0.25) is 0 Å². The van der Waals surface area contributed by atoms with E-state index in [1.54, 1.807) is 24.3 Å². The Labute approximate surface area is 318 Å². The van der Waals surface area contributed by atoms with Gasteiger partial charge in [0.25, 0.3) is 0 Å². The minimum absolute atomic E-state index is 0.236. The third kappa shape index (κ3) is 11.3. The minimum atomic E-state index is -4.71. The van der Waals surface area contributed by atoms with E-state index in [9.17, 15) is 26.3 Å². The number of hydrogen-bond donors (Lipinski definition) is 0. The molecular formula is C47H42F6O2. The molecule has 6 aromatic carbocycles. The lowest BCUT2D eigenvalue weighted by molar-refractivity contribution is -0.275. The number of benzene rings is 6. The van der Waals surface area contributed by atoms with Gasteiger partial charge in [-0.2, -0.15) is 0 Å². The number of aryl methyl sites for hydroxylation is 4. The van der Waals surface area contributed by atoms with Crippen molar-refractivity contribution in [2.24, 2.45) is 0 Å². The quantitative estimate of drug-likeness (QED) is 0.0815. The number of alkyl halides is 6. The highest BCUT2D eigenvalue weighted by atomic mass is 19.4. The van der Waals surface area contributed by atoms with Gasteiger partial charge in [-0.25, -0.2) is 0 Å². The Kier molecular flexibility index (Phi) is 12.3. The van der Waals surface area contributed by atoms with Gasteiger partial charge in [0.15, 0.2) is 0 Å². The third-order valence-electron chi connectivity index (χ3n) is 9.76. The lowest BCUT2D eigenvalue weighted by Gasteiger charge is -2.12. The van der Waals surface area contributed by atoms with Gasteiger partial charge < -0.3 is 9.47 Å². The van der Waals surface area contributed by atoms with Crippen LogP contribution in [0.15, 0.2) is 133 Å². The molecule has 0 N–H and O–H groups in total. The van der Waals surface area contributed by atoms with Gasteiger partial charge in [-0.1, -0.05) is 128 Å². The average Bonchev–Trinajstić information content (AvgIpc) is 3.14. The Bertz CT molecular complexity index is 1990. The number of rotatable bonds is 14. The van der Waals surface area contributed by atoms with Crippen LogP contribution >= 0.6 is 0 Å². The first-order chi connectivity index (χ1) is 26.3. The third-order valence-corrected chi connectivity index (χ3v) is 9.76. The largest absolute Gasteiger partial charge is 0.573 e. The molecule has 0 radical (unpaired) electrons. The molecule has 0 heterocycles. The van der Waals surface area contributed by atoms with Crippen LogP contribution in [0.5, 0.6) is 11.5 Å². The summed E-state index contributed by atoms with van der Waals surface area (Å²) in [4.78, 5) is 0. The Balaban J connectivity index is 0.907. The Morgan fingerprint density at radius 1 is 0.364 bits per heavy atom. The summed E-state index contributed by atoms with van der Waals surface area (Å²) in [5.41, 5.74) is 12.8. The maximum Gasteiger partial charge on any atom is 0.573 e. The summed E-state index contributed by atoms with van der Waals surface area (Å²) in [7, 11) is 0. The van der Waals surface area contributed by atoms with Gasteiger partial charge in [-0.3, -0.25) is 0 Å². The zero-order chi connectivity index (χ0) is 39.0. The molecule has 0 amide bonds. The lowest BCUT2D eigenvalue weighted by atomic mass is 9.94. The van der Waals surface area contributed by atoms with Gasteiger partial charge >= 0.3 is 12.7 Å². The number of ether oxygens (including phenoxy) is 2. The highest BCUT2D eigenvalue weighted by Gasteiger charge is 2.31. The first-order valence-corrected chi connectivity index (χ1v) is 18.4. The smallest absolute Gasteiger partial charge is 0.406 e. The first-order valence-electron chi connectivity index (χ1n) is 18.4. The van der Waals surface area contributed by atoms with E-state index >= 15 is 0 Å². The molecule has 6 aromatic rings. The van der Waals surface area contributed by atoms with Gasteiger partial charge in [0, 0.05) is 0 Å². The van der Waals surface area contributed by atoms with Crippen molar-refractivity contribution in [2.75, 3.05) is 0 Å². The fourth-order valence-electron chi connectivity index (χ4n) is 6.92. The van der Waals surface area contributed by atoms with Crippen LogP contribution in [0.4, 0.5) is 26.3 Å². The minimum Gasteiger partial charge on any atom is -0.406 e. The molecule has 0 aromatic heterocycles. The highest BCUT2D eigenvalue weighted by molar-refractivity contribution is 5.75. The SMILES string of the molecule is Cc1cc(-c2ccc(OC(F)(F)F)cc2)ccc1-c1ccc(CCCCCCCc2ccc(-c3ccc(-c4ccc(OC(F)(F)F)cc4)cc3C)cc2)cc1. The molecule has 2 nitrogen and oxygen atoms in total. The molecule has 0 bridgehead atoms.